The lowest BCUT2D eigenvalue weighted by molar-refractivity contribution is -0.122. The summed E-state index contributed by atoms with van der Waals surface area (Å²) in [4.78, 5) is 26.2. The molecule has 0 spiro atoms. The minimum absolute atomic E-state index is 0.348. The number of rotatable bonds is 4. The molecule has 154 valence electrons. The van der Waals surface area contributed by atoms with Gasteiger partial charge in [-0.3, -0.25) is 4.79 Å². The fourth-order valence-electron chi connectivity index (χ4n) is 3.97. The van der Waals surface area contributed by atoms with E-state index >= 15 is 0 Å². The molecule has 1 amide bonds. The van der Waals surface area contributed by atoms with Crippen LogP contribution in [0.25, 0.3) is 11.0 Å². The van der Waals surface area contributed by atoms with Crippen LogP contribution in [0, 0.1) is 0 Å². The normalized spacial score (nSPS) is 17.1. The minimum atomic E-state index is -0.923. The number of methoxy groups -OCH3 is 1. The van der Waals surface area contributed by atoms with Crippen molar-refractivity contribution < 1.29 is 18.7 Å². The van der Waals surface area contributed by atoms with Crippen LogP contribution >= 0.6 is 0 Å². The summed E-state index contributed by atoms with van der Waals surface area (Å²) in [6.45, 7) is 0. The molecule has 2 heterocycles. The van der Waals surface area contributed by atoms with Gasteiger partial charge < -0.3 is 19.2 Å². The quantitative estimate of drug-likeness (QED) is 0.504. The van der Waals surface area contributed by atoms with Crippen LogP contribution in [-0.2, 0) is 4.79 Å². The van der Waals surface area contributed by atoms with Crippen LogP contribution in [0.1, 0.15) is 17.0 Å². The Hall–Kier alpha value is -4.06. The first-order chi connectivity index (χ1) is 15.2. The molecule has 0 fully saturated rings. The SMILES string of the molecule is COc1ccc(NC(=O)[C@H]2Oc3c(c(=O)oc4ccccc34)[C@@H]2c2ccccc2)cc1. The van der Waals surface area contributed by atoms with Crippen molar-refractivity contribution in [3.8, 4) is 11.5 Å². The molecular formula is C25H19NO5. The number of para-hydroxylation sites is 1. The number of nitrogens with one attached hydrogen (secondary N) is 1. The molecule has 6 nitrogen and oxygen atoms in total. The van der Waals surface area contributed by atoms with Gasteiger partial charge in [0.05, 0.1) is 24.0 Å². The van der Waals surface area contributed by atoms with Crippen molar-refractivity contribution >= 4 is 22.6 Å². The fourth-order valence-corrected chi connectivity index (χ4v) is 3.97. The summed E-state index contributed by atoms with van der Waals surface area (Å²) < 4.78 is 16.9. The number of anilines is 1. The van der Waals surface area contributed by atoms with Gasteiger partial charge in [-0.25, -0.2) is 4.79 Å². The van der Waals surface area contributed by atoms with Crippen LogP contribution < -0.4 is 20.4 Å². The maximum Gasteiger partial charge on any atom is 0.344 e. The van der Waals surface area contributed by atoms with Gasteiger partial charge in [0.25, 0.3) is 5.91 Å². The van der Waals surface area contributed by atoms with E-state index in [0.29, 0.717) is 33.7 Å². The van der Waals surface area contributed by atoms with Gasteiger partial charge >= 0.3 is 5.63 Å². The maximum absolute atomic E-state index is 13.3. The molecule has 0 unspecified atom stereocenters. The van der Waals surface area contributed by atoms with Crippen molar-refractivity contribution in [2.24, 2.45) is 0 Å². The number of ether oxygens (including phenoxy) is 2. The van der Waals surface area contributed by atoms with Crippen LogP contribution in [0.5, 0.6) is 11.5 Å². The summed E-state index contributed by atoms with van der Waals surface area (Å²) in [6, 6.07) is 23.6. The zero-order chi connectivity index (χ0) is 21.4. The Balaban J connectivity index is 1.59. The first-order valence-electron chi connectivity index (χ1n) is 9.88. The van der Waals surface area contributed by atoms with E-state index in [4.69, 9.17) is 13.9 Å². The van der Waals surface area contributed by atoms with Gasteiger partial charge in [0.2, 0.25) is 0 Å². The number of amides is 1. The number of carbonyl (C=O) groups is 1. The topological polar surface area (TPSA) is 77.8 Å². The number of fused-ring (bicyclic) bond motifs is 3. The lowest BCUT2D eigenvalue weighted by Gasteiger charge is -2.18. The van der Waals surface area contributed by atoms with Crippen LogP contribution in [0.15, 0.2) is 88.1 Å². The van der Waals surface area contributed by atoms with E-state index in [0.717, 1.165) is 5.56 Å². The minimum Gasteiger partial charge on any atom is -0.497 e. The van der Waals surface area contributed by atoms with E-state index in [-0.39, 0.29) is 5.91 Å². The molecule has 3 aromatic carbocycles. The van der Waals surface area contributed by atoms with Gasteiger partial charge in [0.1, 0.15) is 17.1 Å². The van der Waals surface area contributed by atoms with Crippen LogP contribution in [-0.4, -0.2) is 19.1 Å². The van der Waals surface area contributed by atoms with Gasteiger partial charge in [0.15, 0.2) is 6.10 Å². The average Bonchev–Trinajstić information content (AvgIpc) is 3.22. The maximum atomic E-state index is 13.3. The predicted molar refractivity (Wildman–Crippen MR) is 117 cm³/mol. The zero-order valence-electron chi connectivity index (χ0n) is 16.7. The second-order valence-corrected chi connectivity index (χ2v) is 7.27. The van der Waals surface area contributed by atoms with Crippen LogP contribution in [0.4, 0.5) is 5.69 Å². The molecule has 5 rings (SSSR count). The van der Waals surface area contributed by atoms with Gasteiger partial charge in [-0.15, -0.1) is 0 Å². The molecule has 0 aliphatic carbocycles. The van der Waals surface area contributed by atoms with E-state index in [2.05, 4.69) is 5.32 Å². The Morgan fingerprint density at radius 2 is 1.65 bits per heavy atom. The Labute approximate surface area is 178 Å². The van der Waals surface area contributed by atoms with Crippen molar-refractivity contribution in [2.75, 3.05) is 12.4 Å². The summed E-state index contributed by atoms with van der Waals surface area (Å²) in [7, 11) is 1.58. The van der Waals surface area contributed by atoms with Crippen molar-refractivity contribution in [3.63, 3.8) is 0 Å². The van der Waals surface area contributed by atoms with E-state index in [9.17, 15) is 9.59 Å². The second kappa shape index (κ2) is 7.65. The first kappa shape index (κ1) is 18.9. The van der Waals surface area contributed by atoms with Gasteiger partial charge in [0, 0.05) is 5.69 Å². The summed E-state index contributed by atoms with van der Waals surface area (Å²) in [6.07, 6.45) is -0.923. The molecule has 31 heavy (non-hydrogen) atoms. The third kappa shape index (κ3) is 3.32. The molecule has 0 saturated carbocycles. The summed E-state index contributed by atoms with van der Waals surface area (Å²) >= 11 is 0. The van der Waals surface area contributed by atoms with E-state index in [1.165, 1.54) is 0 Å². The molecule has 1 aromatic heterocycles. The molecular weight excluding hydrogens is 394 g/mol. The smallest absolute Gasteiger partial charge is 0.344 e. The number of hydrogen-bond acceptors (Lipinski definition) is 5. The van der Waals surface area contributed by atoms with Crippen molar-refractivity contribution in [1.82, 2.24) is 0 Å². The Kier molecular flexibility index (Phi) is 4.67. The van der Waals surface area contributed by atoms with Gasteiger partial charge in [-0.2, -0.15) is 0 Å². The Morgan fingerprint density at radius 3 is 2.39 bits per heavy atom. The average molecular weight is 413 g/mol. The first-order valence-corrected chi connectivity index (χ1v) is 9.88. The Bertz CT molecular complexity index is 1310. The lowest BCUT2D eigenvalue weighted by atomic mass is 9.88. The van der Waals surface area contributed by atoms with Crippen LogP contribution in [0.2, 0.25) is 0 Å². The zero-order valence-corrected chi connectivity index (χ0v) is 16.7. The highest BCUT2D eigenvalue weighted by Gasteiger charge is 2.44. The summed E-state index contributed by atoms with van der Waals surface area (Å²) in [5.41, 5.74) is 1.70. The summed E-state index contributed by atoms with van der Waals surface area (Å²) in [5, 5.41) is 3.55. The van der Waals surface area contributed by atoms with E-state index in [1.807, 2.05) is 42.5 Å². The molecule has 0 bridgehead atoms. The number of carbonyl (C=O) groups excluding carboxylic acids is 1. The molecule has 2 atom stereocenters. The van der Waals surface area contributed by atoms with Crippen LogP contribution in [0.3, 0.4) is 0 Å². The van der Waals surface area contributed by atoms with Crippen molar-refractivity contribution in [3.05, 3.63) is 100 Å². The third-order valence-electron chi connectivity index (χ3n) is 5.43. The standard InChI is InChI=1S/C25H19NO5/c1-29-17-13-11-16(12-14-17)26-24(27)23-20(15-7-3-2-4-8-15)21-22(31-23)18-9-5-6-10-19(18)30-25(21)28/h2-14,20,23H,1H3,(H,26,27)/t20-,23-/m0/s1. The van der Waals surface area contributed by atoms with Crippen molar-refractivity contribution in [2.45, 2.75) is 12.0 Å². The molecule has 1 N–H and O–H groups in total. The lowest BCUT2D eigenvalue weighted by Crippen LogP contribution is -2.35. The fraction of sp³-hybridized carbons (Fsp3) is 0.120. The molecule has 4 aromatic rings. The van der Waals surface area contributed by atoms with Crippen molar-refractivity contribution in [1.29, 1.82) is 0 Å². The molecule has 1 aliphatic rings. The third-order valence-corrected chi connectivity index (χ3v) is 5.43. The predicted octanol–water partition coefficient (Wildman–Crippen LogP) is 4.33. The molecule has 0 saturated heterocycles. The van der Waals surface area contributed by atoms with Gasteiger partial charge in [-0.1, -0.05) is 42.5 Å². The highest BCUT2D eigenvalue weighted by atomic mass is 16.5. The monoisotopic (exact) mass is 413 g/mol. The molecule has 0 radical (unpaired) electrons. The molecule has 6 heteroatoms. The Morgan fingerprint density at radius 1 is 0.935 bits per heavy atom. The largest absolute Gasteiger partial charge is 0.497 e. The summed E-state index contributed by atoms with van der Waals surface area (Å²) in [5.74, 6) is 0.151. The second-order valence-electron chi connectivity index (χ2n) is 7.27. The number of benzene rings is 3. The van der Waals surface area contributed by atoms with Gasteiger partial charge in [-0.05, 0) is 42.0 Å². The molecule has 1 aliphatic heterocycles. The highest BCUT2D eigenvalue weighted by Crippen LogP contribution is 2.44. The van der Waals surface area contributed by atoms with E-state index in [1.54, 1.807) is 43.5 Å². The van der Waals surface area contributed by atoms with E-state index < -0.39 is 17.6 Å². The highest BCUT2D eigenvalue weighted by molar-refractivity contribution is 5.97. The number of hydrogen-bond donors (Lipinski definition) is 1.